The minimum absolute atomic E-state index is 0.0529. The van der Waals surface area contributed by atoms with Crippen LogP contribution < -0.4 is 5.32 Å². The van der Waals surface area contributed by atoms with Crippen molar-refractivity contribution in [2.45, 2.75) is 20.3 Å². The van der Waals surface area contributed by atoms with E-state index in [2.05, 4.69) is 26.2 Å². The Bertz CT molecular complexity index is 493. The maximum absolute atomic E-state index is 11.1. The van der Waals surface area contributed by atoms with Crippen molar-refractivity contribution in [3.05, 3.63) is 26.3 Å². The molecule has 0 saturated heterocycles. The molecule has 0 spiro atoms. The molecule has 0 bridgehead atoms. The van der Waals surface area contributed by atoms with Crippen LogP contribution in [0.2, 0.25) is 0 Å². The van der Waals surface area contributed by atoms with E-state index >= 15 is 0 Å². The van der Waals surface area contributed by atoms with Crippen LogP contribution in [0.1, 0.15) is 18.9 Å². The highest BCUT2D eigenvalue weighted by molar-refractivity contribution is 9.10. The Morgan fingerprint density at radius 1 is 1.63 bits per heavy atom. The lowest BCUT2D eigenvalue weighted by Crippen LogP contribution is -2.12. The van der Waals surface area contributed by atoms with Crippen molar-refractivity contribution in [3.63, 3.8) is 0 Å². The van der Waals surface area contributed by atoms with Gasteiger partial charge in [0.2, 0.25) is 0 Å². The maximum Gasteiger partial charge on any atom is 0.307 e. The molecule has 0 aliphatic heterocycles. The number of esters is 1. The molecule has 0 radical (unpaired) electrons. The summed E-state index contributed by atoms with van der Waals surface area (Å²) < 4.78 is 5.30. The predicted octanol–water partition coefficient (Wildman–Crippen LogP) is 2.43. The van der Waals surface area contributed by atoms with E-state index < -0.39 is 4.92 Å². The minimum atomic E-state index is -0.491. The number of carbonyl (C=O) groups excluding carboxylic acids is 1. The second-order valence-electron chi connectivity index (χ2n) is 3.67. The summed E-state index contributed by atoms with van der Waals surface area (Å²) in [6, 6.07) is 0. The Morgan fingerprint density at radius 2 is 2.32 bits per heavy atom. The molecule has 1 N–H and O–H groups in total. The zero-order chi connectivity index (χ0) is 14.4. The number of anilines is 1. The van der Waals surface area contributed by atoms with E-state index in [1.165, 1.54) is 6.20 Å². The molecule has 1 heterocycles. The number of hydrogen-bond acceptors (Lipinski definition) is 6. The van der Waals surface area contributed by atoms with Gasteiger partial charge in [-0.05, 0) is 29.8 Å². The first-order valence-electron chi connectivity index (χ1n) is 5.66. The van der Waals surface area contributed by atoms with Gasteiger partial charge in [0.05, 0.1) is 22.4 Å². The van der Waals surface area contributed by atoms with Crippen molar-refractivity contribution in [1.82, 2.24) is 4.98 Å². The summed E-state index contributed by atoms with van der Waals surface area (Å²) in [7, 11) is 0. The zero-order valence-corrected chi connectivity index (χ0v) is 12.2. The Morgan fingerprint density at radius 3 is 2.89 bits per heavy atom. The van der Waals surface area contributed by atoms with Gasteiger partial charge in [-0.25, -0.2) is 4.98 Å². The third kappa shape index (κ3) is 4.16. The number of rotatable bonds is 6. The largest absolute Gasteiger partial charge is 0.466 e. The maximum atomic E-state index is 11.1. The number of pyridine rings is 1. The summed E-state index contributed by atoms with van der Waals surface area (Å²) in [6.07, 6.45) is 1.39. The van der Waals surface area contributed by atoms with Gasteiger partial charge in [0.1, 0.15) is 12.0 Å². The van der Waals surface area contributed by atoms with Gasteiger partial charge in [-0.2, -0.15) is 0 Å². The van der Waals surface area contributed by atoms with Gasteiger partial charge in [0.15, 0.2) is 0 Å². The molecule has 0 saturated carbocycles. The molecule has 1 aromatic heterocycles. The van der Waals surface area contributed by atoms with Crippen molar-refractivity contribution in [2.75, 3.05) is 18.5 Å². The van der Waals surface area contributed by atoms with Gasteiger partial charge in [-0.1, -0.05) is 0 Å². The molecule has 0 fully saturated rings. The fourth-order valence-corrected chi connectivity index (χ4v) is 1.84. The first-order chi connectivity index (χ1) is 8.97. The van der Waals surface area contributed by atoms with Crippen LogP contribution in [0.15, 0.2) is 10.7 Å². The van der Waals surface area contributed by atoms with Gasteiger partial charge in [0.25, 0.3) is 5.69 Å². The van der Waals surface area contributed by atoms with Crippen molar-refractivity contribution in [2.24, 2.45) is 0 Å². The zero-order valence-electron chi connectivity index (χ0n) is 10.6. The minimum Gasteiger partial charge on any atom is -0.466 e. The number of nitrogens with one attached hydrogen (secondary N) is 1. The van der Waals surface area contributed by atoms with Crippen molar-refractivity contribution in [3.8, 4) is 0 Å². The number of carbonyl (C=O) groups is 1. The molecular formula is C11H14BrN3O4. The molecular weight excluding hydrogens is 318 g/mol. The molecule has 0 aromatic carbocycles. The highest BCUT2D eigenvalue weighted by atomic mass is 79.9. The molecule has 0 aliphatic carbocycles. The number of aromatic nitrogens is 1. The highest BCUT2D eigenvalue weighted by Crippen LogP contribution is 2.30. The lowest BCUT2D eigenvalue weighted by atomic mass is 10.2. The fourth-order valence-electron chi connectivity index (χ4n) is 1.39. The third-order valence-electron chi connectivity index (χ3n) is 2.36. The molecule has 19 heavy (non-hydrogen) atoms. The number of hydrogen-bond donors (Lipinski definition) is 1. The van der Waals surface area contributed by atoms with Crippen molar-refractivity contribution >= 4 is 33.4 Å². The molecule has 104 valence electrons. The summed E-state index contributed by atoms with van der Waals surface area (Å²) in [5, 5.41) is 13.7. The molecule has 8 heteroatoms. The molecule has 0 amide bonds. The number of ether oxygens (including phenoxy) is 1. The van der Waals surface area contributed by atoms with Crippen molar-refractivity contribution in [1.29, 1.82) is 0 Å². The van der Waals surface area contributed by atoms with Crippen molar-refractivity contribution < 1.29 is 14.5 Å². The van der Waals surface area contributed by atoms with E-state index in [1.54, 1.807) is 13.8 Å². The van der Waals surface area contributed by atoms with Crippen LogP contribution in [-0.2, 0) is 9.53 Å². The van der Waals surface area contributed by atoms with Crippen LogP contribution >= 0.6 is 15.9 Å². The molecule has 0 atom stereocenters. The molecule has 1 rings (SSSR count). The standard InChI is InChI=1S/C11H14BrN3O4/c1-3-19-9(16)4-5-13-11-10(12)7(2)8(6-14-11)15(17)18/h6H,3-5H2,1-2H3,(H,13,14). The molecule has 7 nitrogen and oxygen atoms in total. The summed E-state index contributed by atoms with van der Waals surface area (Å²) in [4.78, 5) is 25.3. The monoisotopic (exact) mass is 331 g/mol. The first-order valence-corrected chi connectivity index (χ1v) is 6.45. The smallest absolute Gasteiger partial charge is 0.307 e. The first kappa shape index (κ1) is 15.4. The summed E-state index contributed by atoms with van der Waals surface area (Å²) >= 11 is 3.25. The van der Waals surface area contributed by atoms with Gasteiger partial charge >= 0.3 is 5.97 Å². The van der Waals surface area contributed by atoms with Crippen LogP contribution in [0.3, 0.4) is 0 Å². The van der Waals surface area contributed by atoms with E-state index in [1.807, 2.05) is 0 Å². The normalized spacial score (nSPS) is 10.1. The van der Waals surface area contributed by atoms with E-state index in [-0.39, 0.29) is 18.1 Å². The van der Waals surface area contributed by atoms with Gasteiger partial charge in [0, 0.05) is 12.1 Å². The second kappa shape index (κ2) is 7.03. The Balaban J connectivity index is 2.68. The second-order valence-corrected chi connectivity index (χ2v) is 4.46. The number of nitro groups is 1. The molecule has 0 aliphatic rings. The Kier molecular flexibility index (Phi) is 5.68. The van der Waals surface area contributed by atoms with Crippen LogP contribution in [-0.4, -0.2) is 29.0 Å². The van der Waals surface area contributed by atoms with Gasteiger partial charge in [-0.3, -0.25) is 14.9 Å². The van der Waals surface area contributed by atoms with Crippen LogP contribution in [0, 0.1) is 17.0 Å². The van der Waals surface area contributed by atoms with Crippen LogP contribution in [0.4, 0.5) is 11.5 Å². The average Bonchev–Trinajstić information content (AvgIpc) is 2.34. The van der Waals surface area contributed by atoms with Crippen LogP contribution in [0.25, 0.3) is 0 Å². The quantitative estimate of drug-likeness (QED) is 0.488. The van der Waals surface area contributed by atoms with Gasteiger partial charge in [-0.15, -0.1) is 0 Å². The van der Waals surface area contributed by atoms with E-state index in [4.69, 9.17) is 4.74 Å². The summed E-state index contributed by atoms with van der Waals surface area (Å²) in [6.45, 7) is 4.06. The number of halogens is 1. The van der Waals surface area contributed by atoms with E-state index in [9.17, 15) is 14.9 Å². The highest BCUT2D eigenvalue weighted by Gasteiger charge is 2.17. The topological polar surface area (TPSA) is 94.4 Å². The van der Waals surface area contributed by atoms with E-state index in [0.717, 1.165) is 0 Å². The van der Waals surface area contributed by atoms with Gasteiger partial charge < -0.3 is 10.1 Å². The lowest BCUT2D eigenvalue weighted by Gasteiger charge is -2.09. The fraction of sp³-hybridized carbons (Fsp3) is 0.455. The SMILES string of the molecule is CCOC(=O)CCNc1ncc([N+](=O)[O-])c(C)c1Br. The predicted molar refractivity (Wildman–Crippen MR) is 73.1 cm³/mol. The van der Waals surface area contributed by atoms with Crippen LogP contribution in [0.5, 0.6) is 0 Å². The third-order valence-corrected chi connectivity index (χ3v) is 3.33. The molecule has 1 aromatic rings. The molecule has 0 unspecified atom stereocenters. The number of nitrogens with zero attached hydrogens (tertiary/aromatic N) is 2. The summed E-state index contributed by atoms with van der Waals surface area (Å²) in [5.41, 5.74) is 0.432. The summed E-state index contributed by atoms with van der Waals surface area (Å²) in [5.74, 6) is 0.164. The average molecular weight is 332 g/mol. The Labute approximate surface area is 118 Å². The Hall–Kier alpha value is -1.70. The lowest BCUT2D eigenvalue weighted by molar-refractivity contribution is -0.385. The van der Waals surface area contributed by atoms with E-state index in [0.29, 0.717) is 29.0 Å².